The van der Waals surface area contributed by atoms with Crippen LogP contribution in [0, 0.1) is 5.92 Å². The second-order valence-electron chi connectivity index (χ2n) is 6.89. The molecule has 0 amide bonds. The van der Waals surface area contributed by atoms with E-state index in [1.165, 1.54) is 30.5 Å². The highest BCUT2D eigenvalue weighted by Crippen LogP contribution is 2.33. The quantitative estimate of drug-likeness (QED) is 0.755. The monoisotopic (exact) mass is 310 g/mol. The van der Waals surface area contributed by atoms with Crippen LogP contribution >= 0.6 is 0 Å². The first-order chi connectivity index (χ1) is 11.2. The van der Waals surface area contributed by atoms with Gasteiger partial charge in [-0.3, -0.25) is 0 Å². The molecule has 124 valence electrons. The number of hydrogen-bond acceptors (Lipinski definition) is 1. The van der Waals surface area contributed by atoms with E-state index in [0.717, 1.165) is 32.1 Å². The maximum absolute atomic E-state index is 2.61. The fourth-order valence-electron chi connectivity index (χ4n) is 3.86. The first kappa shape index (κ1) is 16.3. The second kappa shape index (κ2) is 7.35. The number of rotatable bonds is 6. The third kappa shape index (κ3) is 3.53. The fourth-order valence-corrected chi connectivity index (χ4v) is 3.86. The highest BCUT2D eigenvalue weighted by Gasteiger charge is 2.22. The van der Waals surface area contributed by atoms with Crippen LogP contribution in [-0.4, -0.2) is 29.1 Å². The average molecular weight is 310 g/mol. The van der Waals surface area contributed by atoms with Crippen LogP contribution in [0.15, 0.2) is 36.4 Å². The molecule has 0 bridgehead atoms. The Hall–Kier alpha value is -1.54. The molecular formula is C21H30N2. The summed E-state index contributed by atoms with van der Waals surface area (Å²) in [4.78, 5) is 2.52. The molecule has 0 N–H and O–H groups in total. The lowest BCUT2D eigenvalue weighted by Crippen LogP contribution is -2.28. The lowest BCUT2D eigenvalue weighted by Gasteiger charge is -2.24. The molecule has 1 aromatic heterocycles. The highest BCUT2D eigenvalue weighted by molar-refractivity contribution is 5.63. The van der Waals surface area contributed by atoms with Crippen molar-refractivity contribution in [3.63, 3.8) is 0 Å². The molecule has 0 radical (unpaired) electrons. The molecule has 0 saturated heterocycles. The van der Waals surface area contributed by atoms with Crippen molar-refractivity contribution in [1.29, 1.82) is 0 Å². The normalized spacial score (nSPS) is 17.5. The van der Waals surface area contributed by atoms with Crippen LogP contribution in [0.2, 0.25) is 0 Å². The Labute approximate surface area is 141 Å². The van der Waals surface area contributed by atoms with Gasteiger partial charge in [-0.05, 0) is 55.5 Å². The second-order valence-corrected chi connectivity index (χ2v) is 6.89. The molecule has 1 aliphatic rings. The molecule has 0 spiro atoms. The van der Waals surface area contributed by atoms with Gasteiger partial charge in [-0.2, -0.15) is 0 Å². The minimum atomic E-state index is 0.824. The summed E-state index contributed by atoms with van der Waals surface area (Å²) in [5.41, 5.74) is 5.95. The van der Waals surface area contributed by atoms with Crippen molar-refractivity contribution in [2.24, 2.45) is 5.92 Å². The molecule has 23 heavy (non-hydrogen) atoms. The molecule has 1 atom stereocenters. The van der Waals surface area contributed by atoms with E-state index in [1.807, 2.05) is 0 Å². The van der Waals surface area contributed by atoms with Crippen molar-refractivity contribution in [2.75, 3.05) is 19.6 Å². The minimum absolute atomic E-state index is 0.824. The van der Waals surface area contributed by atoms with Crippen molar-refractivity contribution < 1.29 is 0 Å². The Morgan fingerprint density at radius 2 is 1.87 bits per heavy atom. The summed E-state index contributed by atoms with van der Waals surface area (Å²) >= 11 is 0. The molecule has 0 fully saturated rings. The summed E-state index contributed by atoms with van der Waals surface area (Å²) in [7, 11) is 0. The van der Waals surface area contributed by atoms with Gasteiger partial charge in [0.25, 0.3) is 0 Å². The van der Waals surface area contributed by atoms with E-state index in [9.17, 15) is 0 Å². The van der Waals surface area contributed by atoms with Crippen molar-refractivity contribution in [3.8, 4) is 11.3 Å². The van der Waals surface area contributed by atoms with Gasteiger partial charge in [0, 0.05) is 24.5 Å². The van der Waals surface area contributed by atoms with Gasteiger partial charge in [0.2, 0.25) is 0 Å². The predicted molar refractivity (Wildman–Crippen MR) is 98.8 cm³/mol. The summed E-state index contributed by atoms with van der Waals surface area (Å²) in [5.74, 6) is 0.824. The zero-order chi connectivity index (χ0) is 16.2. The molecule has 0 aliphatic heterocycles. The van der Waals surface area contributed by atoms with E-state index < -0.39 is 0 Å². The van der Waals surface area contributed by atoms with Crippen LogP contribution in [0.3, 0.4) is 0 Å². The molecule has 3 rings (SSSR count). The molecular weight excluding hydrogens is 280 g/mol. The van der Waals surface area contributed by atoms with Crippen LogP contribution in [0.1, 0.15) is 38.4 Å². The molecule has 0 saturated carbocycles. The van der Waals surface area contributed by atoms with Crippen LogP contribution in [0.4, 0.5) is 0 Å². The third-order valence-electron chi connectivity index (χ3n) is 5.34. The molecule has 2 nitrogen and oxygen atoms in total. The Morgan fingerprint density at radius 3 is 2.57 bits per heavy atom. The number of fused-ring (bicyclic) bond motifs is 1. The topological polar surface area (TPSA) is 8.17 Å². The van der Waals surface area contributed by atoms with E-state index in [0.29, 0.717) is 0 Å². The Bertz CT molecular complexity index is 623. The Kier molecular flexibility index (Phi) is 5.22. The van der Waals surface area contributed by atoms with E-state index in [4.69, 9.17) is 0 Å². The first-order valence-corrected chi connectivity index (χ1v) is 9.22. The smallest absolute Gasteiger partial charge is 0.0485 e. The number of nitrogens with zero attached hydrogens (tertiary/aromatic N) is 2. The van der Waals surface area contributed by atoms with Crippen LogP contribution in [-0.2, 0) is 19.4 Å². The van der Waals surface area contributed by atoms with Crippen molar-refractivity contribution in [2.45, 2.75) is 46.6 Å². The van der Waals surface area contributed by atoms with Gasteiger partial charge in [0.1, 0.15) is 0 Å². The van der Waals surface area contributed by atoms with Crippen molar-refractivity contribution in [3.05, 3.63) is 47.7 Å². The van der Waals surface area contributed by atoms with Crippen LogP contribution in [0.5, 0.6) is 0 Å². The molecule has 2 heteroatoms. The zero-order valence-corrected chi connectivity index (χ0v) is 14.9. The molecule has 1 aliphatic carbocycles. The lowest BCUT2D eigenvalue weighted by molar-refractivity contribution is 0.289. The average Bonchev–Trinajstić information content (AvgIpc) is 2.94. The van der Waals surface area contributed by atoms with Crippen molar-refractivity contribution >= 4 is 0 Å². The molecule has 1 aromatic carbocycles. The summed E-state index contributed by atoms with van der Waals surface area (Å²) in [6.45, 7) is 11.4. The molecule has 1 unspecified atom stereocenters. The summed E-state index contributed by atoms with van der Waals surface area (Å²) in [6.07, 6.45) is 3.81. The van der Waals surface area contributed by atoms with Gasteiger partial charge < -0.3 is 9.47 Å². The number of benzene rings is 1. The minimum Gasteiger partial charge on any atom is -0.343 e. The van der Waals surface area contributed by atoms with Gasteiger partial charge in [0.15, 0.2) is 0 Å². The van der Waals surface area contributed by atoms with Gasteiger partial charge in [-0.1, -0.05) is 51.1 Å². The zero-order valence-electron chi connectivity index (χ0n) is 14.9. The van der Waals surface area contributed by atoms with E-state index >= 15 is 0 Å². The van der Waals surface area contributed by atoms with Gasteiger partial charge in [0.05, 0.1) is 0 Å². The van der Waals surface area contributed by atoms with E-state index in [1.54, 1.807) is 11.3 Å². The van der Waals surface area contributed by atoms with Crippen LogP contribution < -0.4 is 0 Å². The van der Waals surface area contributed by atoms with Crippen molar-refractivity contribution in [1.82, 2.24) is 9.47 Å². The lowest BCUT2D eigenvalue weighted by atomic mass is 9.89. The summed E-state index contributed by atoms with van der Waals surface area (Å²) < 4.78 is 2.61. The third-order valence-corrected chi connectivity index (χ3v) is 5.34. The maximum Gasteiger partial charge on any atom is 0.0485 e. The van der Waals surface area contributed by atoms with Gasteiger partial charge in [-0.25, -0.2) is 0 Å². The fraction of sp³-hybridized carbons (Fsp3) is 0.524. The van der Waals surface area contributed by atoms with Gasteiger partial charge >= 0.3 is 0 Å². The number of aromatic nitrogens is 1. The van der Waals surface area contributed by atoms with E-state index in [-0.39, 0.29) is 0 Å². The first-order valence-electron chi connectivity index (χ1n) is 9.22. The summed E-state index contributed by atoms with van der Waals surface area (Å²) in [6, 6.07) is 13.4. The summed E-state index contributed by atoms with van der Waals surface area (Å²) in [5, 5.41) is 0. The highest BCUT2D eigenvalue weighted by atomic mass is 15.1. The maximum atomic E-state index is 2.61. The van der Waals surface area contributed by atoms with Gasteiger partial charge in [-0.15, -0.1) is 0 Å². The molecule has 2 aromatic rings. The Balaban J connectivity index is 1.94. The number of likely N-dealkylation sites (N-methyl/N-ethyl adjacent to an activating group) is 1. The van der Waals surface area contributed by atoms with E-state index in [2.05, 4.69) is 66.6 Å². The standard InChI is InChI=1S/C21H30N2/c1-4-22(5-2)13-14-23-20-12-11-17(3)15-19(20)16-21(23)18-9-7-6-8-10-18/h6-10,16-17H,4-5,11-15H2,1-3H3. The van der Waals surface area contributed by atoms with Crippen LogP contribution in [0.25, 0.3) is 11.3 Å². The molecule has 1 heterocycles. The largest absolute Gasteiger partial charge is 0.343 e. The Morgan fingerprint density at radius 1 is 1.13 bits per heavy atom. The number of hydrogen-bond donors (Lipinski definition) is 0. The SMILES string of the molecule is CCN(CC)CCn1c(-c2ccccc2)cc2c1CCC(C)C2. The predicted octanol–water partition coefficient (Wildman–Crippen LogP) is 4.62.